The second-order valence-electron chi connectivity index (χ2n) is 4.57. The van der Waals surface area contributed by atoms with Crippen LogP contribution in [0.15, 0.2) is 36.4 Å². The van der Waals surface area contributed by atoms with E-state index in [1.54, 1.807) is 6.07 Å². The molecule has 0 spiro atoms. The Labute approximate surface area is 112 Å². The molecule has 0 aliphatic carbocycles. The van der Waals surface area contributed by atoms with Gasteiger partial charge in [0.25, 0.3) is 0 Å². The molecule has 0 fully saturated rings. The van der Waals surface area contributed by atoms with Crippen LogP contribution in [0.5, 0.6) is 0 Å². The molecule has 0 aliphatic rings. The topological polar surface area (TPSA) is 35.8 Å². The Kier molecular flexibility index (Phi) is 3.82. The third-order valence-electron chi connectivity index (χ3n) is 3.13. The molecule has 2 aromatic rings. The van der Waals surface area contributed by atoms with E-state index in [1.807, 2.05) is 32.0 Å². The van der Waals surface area contributed by atoms with E-state index in [1.165, 1.54) is 12.1 Å². The van der Waals surface area contributed by atoms with Crippen LogP contribution in [0.4, 0.5) is 10.1 Å². The zero-order valence-electron chi connectivity index (χ0n) is 11.0. The van der Waals surface area contributed by atoms with Crippen LogP contribution in [0, 0.1) is 31.0 Å². The summed E-state index contributed by atoms with van der Waals surface area (Å²) in [6.07, 6.45) is 0. The van der Waals surface area contributed by atoms with E-state index in [2.05, 4.69) is 11.4 Å². The Balaban J connectivity index is 2.13. The number of anilines is 1. The van der Waals surface area contributed by atoms with Gasteiger partial charge in [0.15, 0.2) is 0 Å². The predicted octanol–water partition coefficient (Wildman–Crippen LogP) is 3.93. The van der Waals surface area contributed by atoms with E-state index in [-0.39, 0.29) is 5.82 Å². The zero-order chi connectivity index (χ0) is 13.8. The van der Waals surface area contributed by atoms with Gasteiger partial charge < -0.3 is 5.32 Å². The Morgan fingerprint density at radius 2 is 1.89 bits per heavy atom. The van der Waals surface area contributed by atoms with Crippen molar-refractivity contribution in [1.29, 1.82) is 5.26 Å². The van der Waals surface area contributed by atoms with Crippen molar-refractivity contribution in [2.45, 2.75) is 20.4 Å². The lowest BCUT2D eigenvalue weighted by Crippen LogP contribution is -2.03. The normalized spacial score (nSPS) is 10.0. The van der Waals surface area contributed by atoms with Crippen molar-refractivity contribution in [1.82, 2.24) is 0 Å². The maximum Gasteiger partial charge on any atom is 0.123 e. The summed E-state index contributed by atoms with van der Waals surface area (Å²) in [6, 6.07) is 12.4. The highest BCUT2D eigenvalue weighted by Gasteiger charge is 2.02. The summed E-state index contributed by atoms with van der Waals surface area (Å²) in [7, 11) is 0. The van der Waals surface area contributed by atoms with Crippen LogP contribution < -0.4 is 5.32 Å². The van der Waals surface area contributed by atoms with E-state index in [0.29, 0.717) is 12.1 Å². The molecule has 3 heteroatoms. The SMILES string of the molecule is Cc1cc(C#N)ccc1CNc1ccc(F)cc1C. The van der Waals surface area contributed by atoms with Gasteiger partial charge in [0.05, 0.1) is 11.6 Å². The lowest BCUT2D eigenvalue weighted by molar-refractivity contribution is 0.627. The van der Waals surface area contributed by atoms with Gasteiger partial charge in [-0.3, -0.25) is 0 Å². The van der Waals surface area contributed by atoms with Gasteiger partial charge in [-0.1, -0.05) is 6.07 Å². The van der Waals surface area contributed by atoms with Crippen molar-refractivity contribution in [3.63, 3.8) is 0 Å². The zero-order valence-corrected chi connectivity index (χ0v) is 11.0. The molecule has 0 saturated carbocycles. The maximum atomic E-state index is 13.0. The molecule has 2 rings (SSSR count). The molecular weight excluding hydrogens is 239 g/mol. The van der Waals surface area contributed by atoms with Crippen LogP contribution >= 0.6 is 0 Å². The minimum atomic E-state index is -0.224. The first kappa shape index (κ1) is 13.1. The molecule has 0 heterocycles. The number of nitriles is 1. The Morgan fingerprint density at radius 1 is 1.11 bits per heavy atom. The second kappa shape index (κ2) is 5.53. The van der Waals surface area contributed by atoms with E-state index in [9.17, 15) is 4.39 Å². The summed E-state index contributed by atoms with van der Waals surface area (Å²) in [5, 5.41) is 12.1. The number of rotatable bonds is 3. The van der Waals surface area contributed by atoms with Crippen LogP contribution in [0.1, 0.15) is 22.3 Å². The number of nitrogens with one attached hydrogen (secondary N) is 1. The van der Waals surface area contributed by atoms with Gasteiger partial charge in [-0.15, -0.1) is 0 Å². The highest BCUT2D eigenvalue weighted by atomic mass is 19.1. The molecule has 0 radical (unpaired) electrons. The van der Waals surface area contributed by atoms with Crippen LogP contribution in [0.2, 0.25) is 0 Å². The first-order chi connectivity index (χ1) is 9.10. The lowest BCUT2D eigenvalue weighted by atomic mass is 10.1. The summed E-state index contributed by atoms with van der Waals surface area (Å²) in [5.41, 5.74) is 4.67. The van der Waals surface area contributed by atoms with Gasteiger partial charge in [-0.05, 0) is 60.9 Å². The summed E-state index contributed by atoms with van der Waals surface area (Å²) >= 11 is 0. The minimum absolute atomic E-state index is 0.224. The molecule has 2 aromatic carbocycles. The molecule has 96 valence electrons. The summed E-state index contributed by atoms with van der Waals surface area (Å²) < 4.78 is 13.0. The first-order valence-corrected chi connectivity index (χ1v) is 6.10. The molecule has 2 nitrogen and oxygen atoms in total. The number of nitrogens with zero attached hydrogens (tertiary/aromatic N) is 1. The quantitative estimate of drug-likeness (QED) is 0.900. The smallest absolute Gasteiger partial charge is 0.123 e. The summed E-state index contributed by atoms with van der Waals surface area (Å²) in [5.74, 6) is -0.224. The molecular formula is C16H15FN2. The minimum Gasteiger partial charge on any atom is -0.381 e. The number of hydrogen-bond donors (Lipinski definition) is 1. The van der Waals surface area contributed by atoms with Crippen molar-refractivity contribution in [3.8, 4) is 6.07 Å². The molecule has 0 aromatic heterocycles. The third-order valence-corrected chi connectivity index (χ3v) is 3.13. The Morgan fingerprint density at radius 3 is 2.53 bits per heavy atom. The van der Waals surface area contributed by atoms with E-state index in [4.69, 9.17) is 5.26 Å². The van der Waals surface area contributed by atoms with Crippen molar-refractivity contribution >= 4 is 5.69 Å². The number of benzene rings is 2. The van der Waals surface area contributed by atoms with Crippen LogP contribution in [-0.4, -0.2) is 0 Å². The molecule has 1 N–H and O–H groups in total. The average molecular weight is 254 g/mol. The van der Waals surface area contributed by atoms with Gasteiger partial charge in [-0.2, -0.15) is 5.26 Å². The molecule has 0 bridgehead atoms. The van der Waals surface area contributed by atoms with Crippen molar-refractivity contribution in [3.05, 3.63) is 64.5 Å². The maximum absolute atomic E-state index is 13.0. The van der Waals surface area contributed by atoms with Crippen molar-refractivity contribution in [2.24, 2.45) is 0 Å². The molecule has 0 atom stereocenters. The first-order valence-electron chi connectivity index (χ1n) is 6.10. The molecule has 0 amide bonds. The Hall–Kier alpha value is -2.34. The number of hydrogen-bond acceptors (Lipinski definition) is 2. The largest absolute Gasteiger partial charge is 0.381 e. The third kappa shape index (κ3) is 3.11. The van der Waals surface area contributed by atoms with Crippen LogP contribution in [0.25, 0.3) is 0 Å². The lowest BCUT2D eigenvalue weighted by Gasteiger charge is -2.11. The average Bonchev–Trinajstić information content (AvgIpc) is 2.39. The highest BCUT2D eigenvalue weighted by Crippen LogP contribution is 2.18. The number of aryl methyl sites for hydroxylation is 2. The predicted molar refractivity (Wildman–Crippen MR) is 74.4 cm³/mol. The van der Waals surface area contributed by atoms with Gasteiger partial charge in [-0.25, -0.2) is 4.39 Å². The molecule has 19 heavy (non-hydrogen) atoms. The monoisotopic (exact) mass is 254 g/mol. The van der Waals surface area contributed by atoms with Gasteiger partial charge >= 0.3 is 0 Å². The fraction of sp³-hybridized carbons (Fsp3) is 0.188. The van der Waals surface area contributed by atoms with Gasteiger partial charge in [0, 0.05) is 12.2 Å². The molecule has 0 aliphatic heterocycles. The van der Waals surface area contributed by atoms with E-state index in [0.717, 1.165) is 22.4 Å². The van der Waals surface area contributed by atoms with Crippen molar-refractivity contribution < 1.29 is 4.39 Å². The van der Waals surface area contributed by atoms with Gasteiger partial charge in [0.2, 0.25) is 0 Å². The highest BCUT2D eigenvalue weighted by molar-refractivity contribution is 5.51. The second-order valence-corrected chi connectivity index (χ2v) is 4.57. The number of halogens is 1. The van der Waals surface area contributed by atoms with Crippen LogP contribution in [-0.2, 0) is 6.54 Å². The summed E-state index contributed by atoms with van der Waals surface area (Å²) in [4.78, 5) is 0. The standard InChI is InChI=1S/C16H15FN2/c1-11-7-13(9-18)3-4-14(11)10-19-16-6-5-15(17)8-12(16)2/h3-8,19H,10H2,1-2H3. The fourth-order valence-corrected chi connectivity index (χ4v) is 1.98. The Bertz CT molecular complexity index is 642. The summed E-state index contributed by atoms with van der Waals surface area (Å²) in [6.45, 7) is 4.51. The van der Waals surface area contributed by atoms with E-state index >= 15 is 0 Å². The van der Waals surface area contributed by atoms with Gasteiger partial charge in [0.1, 0.15) is 5.82 Å². The van der Waals surface area contributed by atoms with Crippen LogP contribution in [0.3, 0.4) is 0 Å². The van der Waals surface area contributed by atoms with E-state index < -0.39 is 0 Å². The fourth-order valence-electron chi connectivity index (χ4n) is 1.98. The van der Waals surface area contributed by atoms with Crippen molar-refractivity contribution in [2.75, 3.05) is 5.32 Å². The molecule has 0 saturated heterocycles. The molecule has 0 unspecified atom stereocenters.